The Kier molecular flexibility index (Phi) is 6.43. The molecule has 0 aliphatic carbocycles. The molecule has 174 valence electrons. The minimum Gasteiger partial charge on any atom is -0.383 e. The SMILES string of the molecule is CC(C)n1nc(-c2ccc(CC(=O)Nc3cc(F)cc(C(F)(F)F)c3)cc2)c(C(N)=O)c1N. The summed E-state index contributed by atoms with van der Waals surface area (Å²) < 4.78 is 53.5. The predicted molar refractivity (Wildman–Crippen MR) is 115 cm³/mol. The van der Waals surface area contributed by atoms with Crippen molar-refractivity contribution < 1.29 is 27.2 Å². The van der Waals surface area contributed by atoms with Crippen LogP contribution in [0.4, 0.5) is 29.1 Å². The number of nitrogen functional groups attached to an aromatic ring is 1. The first-order chi connectivity index (χ1) is 15.4. The van der Waals surface area contributed by atoms with E-state index in [2.05, 4.69) is 10.4 Å². The molecular formula is C22H21F4N5O2. The highest BCUT2D eigenvalue weighted by Gasteiger charge is 2.31. The highest BCUT2D eigenvalue weighted by atomic mass is 19.4. The summed E-state index contributed by atoms with van der Waals surface area (Å²) in [5, 5.41) is 6.63. The van der Waals surface area contributed by atoms with Crippen LogP contribution < -0.4 is 16.8 Å². The zero-order valence-electron chi connectivity index (χ0n) is 17.7. The summed E-state index contributed by atoms with van der Waals surface area (Å²) in [4.78, 5) is 24.2. The second-order valence-electron chi connectivity index (χ2n) is 7.66. The van der Waals surface area contributed by atoms with Gasteiger partial charge in [-0.25, -0.2) is 9.07 Å². The summed E-state index contributed by atoms with van der Waals surface area (Å²) in [6.07, 6.45) is -4.92. The first-order valence-corrected chi connectivity index (χ1v) is 9.81. The van der Waals surface area contributed by atoms with E-state index in [9.17, 15) is 27.2 Å². The van der Waals surface area contributed by atoms with Crippen molar-refractivity contribution in [1.29, 1.82) is 0 Å². The zero-order chi connectivity index (χ0) is 24.5. The number of amides is 2. The predicted octanol–water partition coefficient (Wildman–Crippen LogP) is 4.15. The van der Waals surface area contributed by atoms with Gasteiger partial charge in [-0.1, -0.05) is 24.3 Å². The Morgan fingerprint density at radius 1 is 1.12 bits per heavy atom. The number of nitrogens with zero attached hydrogens (tertiary/aromatic N) is 2. The summed E-state index contributed by atoms with van der Waals surface area (Å²) in [6.45, 7) is 3.69. The maximum Gasteiger partial charge on any atom is 0.416 e. The number of nitrogens with one attached hydrogen (secondary N) is 1. The number of benzene rings is 2. The summed E-state index contributed by atoms with van der Waals surface area (Å²) in [6, 6.07) is 8.12. The molecule has 11 heteroatoms. The lowest BCUT2D eigenvalue weighted by Gasteiger charge is -2.11. The molecule has 7 nitrogen and oxygen atoms in total. The molecule has 0 saturated heterocycles. The van der Waals surface area contributed by atoms with E-state index >= 15 is 0 Å². The van der Waals surface area contributed by atoms with Gasteiger partial charge in [0.2, 0.25) is 5.91 Å². The molecule has 0 unspecified atom stereocenters. The van der Waals surface area contributed by atoms with Crippen LogP contribution in [0.25, 0.3) is 11.3 Å². The van der Waals surface area contributed by atoms with E-state index in [0.29, 0.717) is 29.0 Å². The lowest BCUT2D eigenvalue weighted by molar-refractivity contribution is -0.137. The first-order valence-electron chi connectivity index (χ1n) is 9.81. The van der Waals surface area contributed by atoms with Gasteiger partial charge in [0, 0.05) is 17.3 Å². The van der Waals surface area contributed by atoms with E-state index in [1.54, 1.807) is 24.3 Å². The van der Waals surface area contributed by atoms with Crippen molar-refractivity contribution in [3.63, 3.8) is 0 Å². The molecule has 0 aliphatic heterocycles. The summed E-state index contributed by atoms with van der Waals surface area (Å²) in [5.74, 6) is -2.34. The lowest BCUT2D eigenvalue weighted by Crippen LogP contribution is -2.16. The largest absolute Gasteiger partial charge is 0.416 e. The van der Waals surface area contributed by atoms with Crippen molar-refractivity contribution in [2.45, 2.75) is 32.5 Å². The van der Waals surface area contributed by atoms with Crippen LogP contribution in [-0.2, 0) is 17.4 Å². The number of hydrogen-bond donors (Lipinski definition) is 3. The zero-order valence-corrected chi connectivity index (χ0v) is 17.7. The Labute approximate surface area is 186 Å². The van der Waals surface area contributed by atoms with Gasteiger partial charge in [0.25, 0.3) is 5.91 Å². The van der Waals surface area contributed by atoms with Crippen molar-refractivity contribution in [2.24, 2.45) is 5.73 Å². The second-order valence-corrected chi connectivity index (χ2v) is 7.66. The number of primary amides is 1. The van der Waals surface area contributed by atoms with Crippen molar-refractivity contribution in [1.82, 2.24) is 9.78 Å². The van der Waals surface area contributed by atoms with E-state index in [-0.39, 0.29) is 29.5 Å². The van der Waals surface area contributed by atoms with E-state index in [1.165, 1.54) is 4.68 Å². The molecule has 1 aromatic heterocycles. The van der Waals surface area contributed by atoms with Crippen molar-refractivity contribution >= 4 is 23.3 Å². The van der Waals surface area contributed by atoms with Crippen molar-refractivity contribution in [3.05, 3.63) is 65.0 Å². The van der Waals surface area contributed by atoms with Crippen LogP contribution >= 0.6 is 0 Å². The van der Waals surface area contributed by atoms with Gasteiger partial charge in [0.1, 0.15) is 22.9 Å². The average Bonchev–Trinajstić information content (AvgIpc) is 3.05. The minimum absolute atomic E-state index is 0.0840. The number of rotatable bonds is 6. The molecule has 3 rings (SSSR count). The molecule has 0 atom stereocenters. The Morgan fingerprint density at radius 2 is 1.76 bits per heavy atom. The van der Waals surface area contributed by atoms with Crippen LogP contribution in [0.15, 0.2) is 42.5 Å². The number of carbonyl (C=O) groups excluding carboxylic acids is 2. The van der Waals surface area contributed by atoms with Gasteiger partial charge in [-0.05, 0) is 37.6 Å². The van der Waals surface area contributed by atoms with E-state index in [1.807, 2.05) is 13.8 Å². The fourth-order valence-corrected chi connectivity index (χ4v) is 3.28. The first kappa shape index (κ1) is 23.8. The molecule has 33 heavy (non-hydrogen) atoms. The summed E-state index contributed by atoms with van der Waals surface area (Å²) in [7, 11) is 0. The molecule has 1 heterocycles. The molecule has 0 spiro atoms. The van der Waals surface area contributed by atoms with Crippen LogP contribution in [0.2, 0.25) is 0 Å². The summed E-state index contributed by atoms with van der Waals surface area (Å²) in [5.41, 5.74) is 11.4. The van der Waals surface area contributed by atoms with Crippen LogP contribution in [0.1, 0.15) is 41.4 Å². The quantitative estimate of drug-likeness (QED) is 0.476. The number of aromatic nitrogens is 2. The van der Waals surface area contributed by atoms with Gasteiger partial charge in [-0.3, -0.25) is 9.59 Å². The van der Waals surface area contributed by atoms with Gasteiger partial charge in [-0.2, -0.15) is 18.3 Å². The Morgan fingerprint density at radius 3 is 2.30 bits per heavy atom. The van der Waals surface area contributed by atoms with E-state index in [4.69, 9.17) is 11.5 Å². The number of carbonyl (C=O) groups is 2. The van der Waals surface area contributed by atoms with E-state index < -0.39 is 29.4 Å². The van der Waals surface area contributed by atoms with Crippen molar-refractivity contribution in [3.8, 4) is 11.3 Å². The third kappa shape index (κ3) is 5.30. The topological polar surface area (TPSA) is 116 Å². The Balaban J connectivity index is 1.78. The standard InChI is InChI=1S/C22H21F4N5O2/c1-11(2)31-20(27)18(21(28)33)19(30-31)13-5-3-12(4-6-13)7-17(32)29-16-9-14(22(24,25)26)8-15(23)10-16/h3-6,8-11H,7,27H2,1-2H3,(H2,28,33)(H,29,32). The second kappa shape index (κ2) is 8.93. The van der Waals surface area contributed by atoms with Gasteiger partial charge < -0.3 is 16.8 Å². The normalized spacial score (nSPS) is 11.6. The average molecular weight is 463 g/mol. The maximum atomic E-state index is 13.5. The number of hydrogen-bond acceptors (Lipinski definition) is 4. The van der Waals surface area contributed by atoms with Crippen LogP contribution in [0.3, 0.4) is 0 Å². The maximum absolute atomic E-state index is 13.5. The summed E-state index contributed by atoms with van der Waals surface area (Å²) >= 11 is 0. The highest BCUT2D eigenvalue weighted by Crippen LogP contribution is 2.32. The molecule has 0 fully saturated rings. The van der Waals surface area contributed by atoms with E-state index in [0.717, 1.165) is 6.07 Å². The third-order valence-corrected chi connectivity index (χ3v) is 4.78. The van der Waals surface area contributed by atoms with Crippen LogP contribution in [-0.4, -0.2) is 21.6 Å². The number of anilines is 2. The molecule has 5 N–H and O–H groups in total. The fraction of sp³-hybridized carbons (Fsp3) is 0.227. The van der Waals surface area contributed by atoms with Gasteiger partial charge in [0.05, 0.1) is 12.0 Å². The van der Waals surface area contributed by atoms with Gasteiger partial charge in [-0.15, -0.1) is 0 Å². The highest BCUT2D eigenvalue weighted by molar-refractivity contribution is 6.03. The number of alkyl halides is 3. The number of nitrogens with two attached hydrogens (primary N) is 2. The fourth-order valence-electron chi connectivity index (χ4n) is 3.28. The van der Waals surface area contributed by atoms with Gasteiger partial charge >= 0.3 is 6.18 Å². The molecular weight excluding hydrogens is 442 g/mol. The lowest BCUT2D eigenvalue weighted by atomic mass is 10.0. The molecule has 3 aromatic rings. The molecule has 2 aromatic carbocycles. The molecule has 0 aliphatic rings. The molecule has 2 amide bonds. The van der Waals surface area contributed by atoms with Crippen LogP contribution in [0, 0.1) is 5.82 Å². The number of halogens is 4. The molecule has 0 bridgehead atoms. The minimum atomic E-state index is -4.74. The Hall–Kier alpha value is -3.89. The third-order valence-electron chi connectivity index (χ3n) is 4.78. The smallest absolute Gasteiger partial charge is 0.383 e. The molecule has 0 radical (unpaired) electrons. The van der Waals surface area contributed by atoms with Crippen molar-refractivity contribution in [2.75, 3.05) is 11.1 Å². The van der Waals surface area contributed by atoms with Gasteiger partial charge in [0.15, 0.2) is 0 Å². The molecule has 0 saturated carbocycles. The monoisotopic (exact) mass is 463 g/mol. The van der Waals surface area contributed by atoms with Crippen LogP contribution in [0.5, 0.6) is 0 Å². The Bertz CT molecular complexity index is 1200.